The first kappa shape index (κ1) is 29.3. The Bertz CT molecular complexity index is 1860. The van der Waals surface area contributed by atoms with Crippen molar-refractivity contribution in [1.82, 2.24) is 14.2 Å². The van der Waals surface area contributed by atoms with Gasteiger partial charge in [0.2, 0.25) is 0 Å². The third-order valence-corrected chi connectivity index (χ3v) is 10.4. The zero-order valence-electron chi connectivity index (χ0n) is 24.5. The van der Waals surface area contributed by atoms with Crippen molar-refractivity contribution >= 4 is 61.1 Å². The molecule has 0 saturated carbocycles. The molecule has 10 heteroatoms. The molecule has 7 nitrogen and oxygen atoms in total. The zero-order chi connectivity index (χ0) is 30.2. The first-order valence-electron chi connectivity index (χ1n) is 15.2. The summed E-state index contributed by atoms with van der Waals surface area (Å²) in [6.45, 7) is 3.38. The van der Waals surface area contributed by atoms with Gasteiger partial charge in [-0.25, -0.2) is 9.31 Å². The van der Waals surface area contributed by atoms with E-state index in [-0.39, 0.29) is 5.97 Å². The minimum absolute atomic E-state index is 0.287. The number of rotatable bonds is 8. The van der Waals surface area contributed by atoms with Crippen LogP contribution in [0.1, 0.15) is 70.5 Å². The molecule has 0 fully saturated rings. The maximum atomic E-state index is 13.2. The van der Waals surface area contributed by atoms with E-state index in [0.29, 0.717) is 23.8 Å². The molecule has 7 rings (SSSR count). The second-order valence-corrected chi connectivity index (χ2v) is 13.6. The van der Waals surface area contributed by atoms with Crippen LogP contribution in [0, 0.1) is 0 Å². The number of anilines is 1. The molecule has 44 heavy (non-hydrogen) atoms. The van der Waals surface area contributed by atoms with E-state index in [9.17, 15) is 4.79 Å². The molecular formula is C34H33BrN4O3S2. The lowest BCUT2D eigenvalue weighted by atomic mass is 9.95. The van der Waals surface area contributed by atoms with Crippen LogP contribution in [0.2, 0.25) is 0 Å². The average Bonchev–Trinajstić information content (AvgIpc) is 3.61. The van der Waals surface area contributed by atoms with Gasteiger partial charge >= 0.3 is 5.97 Å². The van der Waals surface area contributed by atoms with Gasteiger partial charge in [0.15, 0.2) is 5.82 Å². The van der Waals surface area contributed by atoms with Crippen molar-refractivity contribution in [2.75, 3.05) is 11.9 Å². The highest BCUT2D eigenvalue weighted by Crippen LogP contribution is 2.41. The summed E-state index contributed by atoms with van der Waals surface area (Å²) in [4.78, 5) is 15.0. The van der Waals surface area contributed by atoms with E-state index >= 15 is 0 Å². The molecule has 2 aromatic carbocycles. The number of hydrogen-bond acceptors (Lipinski definition) is 6. The fourth-order valence-corrected chi connectivity index (χ4v) is 8.35. The summed E-state index contributed by atoms with van der Waals surface area (Å²) < 4.78 is 17.0. The Hall–Kier alpha value is -3.47. The predicted octanol–water partition coefficient (Wildman–Crippen LogP) is 8.39. The van der Waals surface area contributed by atoms with E-state index in [0.717, 1.165) is 101 Å². The molecule has 1 aliphatic heterocycles. The SMILES string of the molecule is CCOC(=O)c1c(NC(=S)c2c(-c3ccc(Br)cc3)c3c4n(c(COc5ccccc5)nn24)CCCC3)sc2c1CCCC2. The monoisotopic (exact) mass is 688 g/mol. The largest absolute Gasteiger partial charge is 0.486 e. The number of nitrogens with one attached hydrogen (secondary N) is 1. The van der Waals surface area contributed by atoms with Crippen molar-refractivity contribution in [2.24, 2.45) is 0 Å². The molecule has 2 aliphatic rings. The highest BCUT2D eigenvalue weighted by atomic mass is 79.9. The number of para-hydroxylation sites is 1. The summed E-state index contributed by atoms with van der Waals surface area (Å²) in [5.74, 6) is 1.38. The molecule has 1 aliphatic carbocycles. The normalized spacial score (nSPS) is 14.2. The van der Waals surface area contributed by atoms with Gasteiger partial charge in [-0.2, -0.15) is 0 Å². The number of esters is 1. The molecule has 0 bridgehead atoms. The second-order valence-electron chi connectivity index (χ2n) is 11.2. The number of thiocarbonyl (C=S) groups is 1. The smallest absolute Gasteiger partial charge is 0.341 e. The van der Waals surface area contributed by atoms with Crippen molar-refractivity contribution in [1.29, 1.82) is 0 Å². The number of carbonyl (C=O) groups is 1. The molecule has 1 N–H and O–H groups in total. The van der Waals surface area contributed by atoms with Crippen molar-refractivity contribution < 1.29 is 14.3 Å². The molecule has 226 valence electrons. The van der Waals surface area contributed by atoms with E-state index in [1.807, 2.05) is 41.8 Å². The van der Waals surface area contributed by atoms with Gasteiger partial charge in [0.05, 0.1) is 12.2 Å². The maximum absolute atomic E-state index is 13.2. The second kappa shape index (κ2) is 12.5. The topological polar surface area (TPSA) is 69.8 Å². The number of aromatic nitrogens is 3. The molecule has 0 spiro atoms. The molecule has 0 radical (unpaired) electrons. The first-order chi connectivity index (χ1) is 21.5. The standard InChI is InChI=1S/C34H33BrN4O3S2/c1-2-41-34(40)29-24-12-6-7-14-26(24)44-32(29)36-31(43)30-28(21-15-17-22(35)18-16-21)25-13-8-9-19-38-27(37-39(30)33(25)38)20-42-23-10-4-3-5-11-23/h3-5,10-11,15-18H,2,6-9,12-14,19-20H2,1H3,(H,36,43). The van der Waals surface area contributed by atoms with Gasteiger partial charge in [0.25, 0.3) is 0 Å². The zero-order valence-corrected chi connectivity index (χ0v) is 27.7. The van der Waals surface area contributed by atoms with Crippen LogP contribution in [-0.2, 0) is 37.2 Å². The summed E-state index contributed by atoms with van der Waals surface area (Å²) in [5, 5.41) is 9.45. The van der Waals surface area contributed by atoms with E-state index in [4.69, 9.17) is 26.8 Å². The van der Waals surface area contributed by atoms with Gasteiger partial charge in [-0.05, 0) is 87.3 Å². The number of fused-ring (bicyclic) bond motifs is 1. The molecule has 4 heterocycles. The van der Waals surface area contributed by atoms with E-state index < -0.39 is 0 Å². The van der Waals surface area contributed by atoms with Crippen molar-refractivity contribution in [2.45, 2.75) is 65.0 Å². The number of benzene rings is 2. The number of carbonyl (C=O) groups excluding carboxylic acids is 1. The fraction of sp³-hybridized carbons (Fsp3) is 0.324. The van der Waals surface area contributed by atoms with Crippen LogP contribution in [0.5, 0.6) is 5.75 Å². The highest BCUT2D eigenvalue weighted by molar-refractivity contribution is 9.10. The number of nitrogens with zero attached hydrogens (tertiary/aromatic N) is 3. The third kappa shape index (κ3) is 5.37. The number of halogens is 1. The molecule has 0 atom stereocenters. The molecule has 0 amide bonds. The van der Waals surface area contributed by atoms with Crippen LogP contribution in [0.4, 0.5) is 5.00 Å². The van der Waals surface area contributed by atoms with Gasteiger partial charge in [-0.15, -0.1) is 16.4 Å². The van der Waals surface area contributed by atoms with Gasteiger partial charge < -0.3 is 19.4 Å². The lowest BCUT2D eigenvalue weighted by molar-refractivity contribution is 0.0526. The predicted molar refractivity (Wildman–Crippen MR) is 182 cm³/mol. The van der Waals surface area contributed by atoms with E-state index in [2.05, 4.69) is 50.1 Å². The van der Waals surface area contributed by atoms with Crippen molar-refractivity contribution in [3.63, 3.8) is 0 Å². The summed E-state index contributed by atoms with van der Waals surface area (Å²) in [6.07, 6.45) is 7.09. The molecule has 3 aromatic heterocycles. The Morgan fingerprint density at radius 2 is 1.77 bits per heavy atom. The Labute approximate surface area is 274 Å². The first-order valence-corrected chi connectivity index (χ1v) is 17.2. The Morgan fingerprint density at radius 3 is 2.57 bits per heavy atom. The lowest BCUT2D eigenvalue weighted by Gasteiger charge is -2.13. The van der Waals surface area contributed by atoms with Crippen molar-refractivity contribution in [3.05, 3.63) is 92.2 Å². The lowest BCUT2D eigenvalue weighted by Crippen LogP contribution is -2.17. The maximum Gasteiger partial charge on any atom is 0.341 e. The average molecular weight is 690 g/mol. The molecule has 5 aromatic rings. The van der Waals surface area contributed by atoms with E-state index in [1.54, 1.807) is 11.3 Å². The quantitative estimate of drug-likeness (QED) is 0.130. The number of ether oxygens (including phenoxy) is 2. The van der Waals surface area contributed by atoms with Crippen LogP contribution in [0.25, 0.3) is 16.8 Å². The van der Waals surface area contributed by atoms with Crippen LogP contribution in [0.15, 0.2) is 59.1 Å². The van der Waals surface area contributed by atoms with Crippen LogP contribution in [0.3, 0.4) is 0 Å². The van der Waals surface area contributed by atoms with Gasteiger partial charge in [-0.1, -0.05) is 58.5 Å². The van der Waals surface area contributed by atoms with Crippen LogP contribution in [-0.4, -0.2) is 31.7 Å². The number of thiophene rings is 1. The Balaban J connectivity index is 1.36. The number of aryl methyl sites for hydroxylation is 3. The number of hydrogen-bond donors (Lipinski definition) is 1. The van der Waals surface area contributed by atoms with Gasteiger partial charge in [-0.3, -0.25) is 0 Å². The highest BCUT2D eigenvalue weighted by Gasteiger charge is 2.31. The summed E-state index contributed by atoms with van der Waals surface area (Å²) in [7, 11) is 0. The Kier molecular flexibility index (Phi) is 8.31. The molecule has 0 saturated heterocycles. The summed E-state index contributed by atoms with van der Waals surface area (Å²) >= 11 is 11.5. The summed E-state index contributed by atoms with van der Waals surface area (Å²) in [6, 6.07) is 18.2. The fourth-order valence-electron chi connectivity index (χ4n) is 6.45. The van der Waals surface area contributed by atoms with Crippen LogP contribution >= 0.6 is 39.5 Å². The minimum Gasteiger partial charge on any atom is -0.486 e. The third-order valence-electron chi connectivity index (χ3n) is 8.40. The minimum atomic E-state index is -0.287. The molecule has 0 unspecified atom stereocenters. The van der Waals surface area contributed by atoms with Crippen molar-refractivity contribution in [3.8, 4) is 16.9 Å². The summed E-state index contributed by atoms with van der Waals surface area (Å²) in [5.41, 5.74) is 7.03. The van der Waals surface area contributed by atoms with Crippen LogP contribution < -0.4 is 10.1 Å². The van der Waals surface area contributed by atoms with E-state index in [1.165, 1.54) is 10.4 Å². The van der Waals surface area contributed by atoms with Gasteiger partial charge in [0, 0.05) is 27.0 Å². The van der Waals surface area contributed by atoms with Gasteiger partial charge in [0.1, 0.15) is 33.7 Å². The molecular weight excluding hydrogens is 656 g/mol. The Morgan fingerprint density at radius 1 is 1.02 bits per heavy atom.